The van der Waals surface area contributed by atoms with Crippen molar-refractivity contribution < 1.29 is 9.18 Å². The maximum atomic E-state index is 13.0. The Morgan fingerprint density at radius 1 is 1.26 bits per heavy atom. The van der Waals surface area contributed by atoms with Crippen LogP contribution in [0.15, 0.2) is 40.9 Å². The summed E-state index contributed by atoms with van der Waals surface area (Å²) in [5.74, 6) is -0.661. The molecule has 0 bridgehead atoms. The van der Waals surface area contributed by atoms with E-state index in [0.717, 1.165) is 4.47 Å². The van der Waals surface area contributed by atoms with Gasteiger partial charge in [-0.1, -0.05) is 15.9 Å². The number of halogens is 2. The van der Waals surface area contributed by atoms with Crippen molar-refractivity contribution in [3.8, 4) is 0 Å². The van der Waals surface area contributed by atoms with Crippen LogP contribution in [0.4, 0.5) is 15.8 Å². The highest BCUT2D eigenvalue weighted by Crippen LogP contribution is 2.21. The molecule has 0 atom stereocenters. The summed E-state index contributed by atoms with van der Waals surface area (Å²) in [6.07, 6.45) is 0. The van der Waals surface area contributed by atoms with Gasteiger partial charge in [0, 0.05) is 15.8 Å². The minimum atomic E-state index is -0.336. The molecule has 1 amide bonds. The number of hydrogen-bond donors (Lipinski definition) is 2. The lowest BCUT2D eigenvalue weighted by Crippen LogP contribution is -2.14. The quantitative estimate of drug-likeness (QED) is 0.828. The smallest absolute Gasteiger partial charge is 0.257 e. The summed E-state index contributed by atoms with van der Waals surface area (Å²) in [5.41, 5.74) is 7.74. The van der Waals surface area contributed by atoms with Crippen LogP contribution in [0.25, 0.3) is 0 Å². The highest BCUT2D eigenvalue weighted by atomic mass is 79.9. The van der Waals surface area contributed by atoms with Gasteiger partial charge in [-0.2, -0.15) is 0 Å². The van der Waals surface area contributed by atoms with E-state index in [1.54, 1.807) is 25.1 Å². The molecular weight excluding hydrogens is 311 g/mol. The summed E-state index contributed by atoms with van der Waals surface area (Å²) in [6.45, 7) is 1.73. The summed E-state index contributed by atoms with van der Waals surface area (Å²) >= 11 is 3.29. The fraction of sp³-hybridized carbons (Fsp3) is 0.0714. The van der Waals surface area contributed by atoms with Gasteiger partial charge in [0.2, 0.25) is 0 Å². The van der Waals surface area contributed by atoms with Gasteiger partial charge in [0.1, 0.15) is 5.82 Å². The predicted octanol–water partition coefficient (Wildman–Crippen LogP) is 3.73. The van der Waals surface area contributed by atoms with Crippen LogP contribution in [0.1, 0.15) is 15.9 Å². The molecular formula is C14H12BrFN2O. The third-order valence-electron chi connectivity index (χ3n) is 2.70. The second-order valence-corrected chi connectivity index (χ2v) is 5.06. The van der Waals surface area contributed by atoms with Crippen molar-refractivity contribution in [2.45, 2.75) is 6.92 Å². The zero-order chi connectivity index (χ0) is 14.0. The number of aryl methyl sites for hydroxylation is 1. The highest BCUT2D eigenvalue weighted by Gasteiger charge is 2.11. The molecule has 0 aliphatic heterocycles. The van der Waals surface area contributed by atoms with E-state index in [1.165, 1.54) is 18.2 Å². The average molecular weight is 323 g/mol. The van der Waals surface area contributed by atoms with Crippen molar-refractivity contribution in [1.82, 2.24) is 0 Å². The molecule has 0 unspecified atom stereocenters. The van der Waals surface area contributed by atoms with E-state index in [4.69, 9.17) is 5.73 Å². The monoisotopic (exact) mass is 322 g/mol. The molecule has 0 aliphatic carbocycles. The van der Waals surface area contributed by atoms with Gasteiger partial charge in [-0.05, 0) is 48.9 Å². The Labute approximate surface area is 118 Å². The first kappa shape index (κ1) is 13.5. The number of anilines is 2. The number of hydrogen-bond acceptors (Lipinski definition) is 2. The van der Waals surface area contributed by atoms with E-state index < -0.39 is 0 Å². The third-order valence-corrected chi connectivity index (χ3v) is 3.19. The standard InChI is InChI=1S/C14H12BrFN2O/c1-8-6-10(16)3-5-13(8)18-14(19)11-7-9(15)2-4-12(11)17/h2-7H,17H2,1H3,(H,18,19). The minimum absolute atomic E-state index is 0.325. The molecule has 3 N–H and O–H groups in total. The maximum Gasteiger partial charge on any atom is 0.257 e. The topological polar surface area (TPSA) is 55.1 Å². The van der Waals surface area contributed by atoms with E-state index in [-0.39, 0.29) is 11.7 Å². The van der Waals surface area contributed by atoms with Crippen molar-refractivity contribution in [2.24, 2.45) is 0 Å². The van der Waals surface area contributed by atoms with Gasteiger partial charge in [0.25, 0.3) is 5.91 Å². The van der Waals surface area contributed by atoms with Crippen LogP contribution in [-0.2, 0) is 0 Å². The first-order chi connectivity index (χ1) is 8.97. The molecule has 3 nitrogen and oxygen atoms in total. The van der Waals surface area contributed by atoms with Gasteiger partial charge in [0.05, 0.1) is 5.56 Å². The number of carbonyl (C=O) groups is 1. The largest absolute Gasteiger partial charge is 0.398 e. The van der Waals surface area contributed by atoms with Crippen LogP contribution in [0.5, 0.6) is 0 Å². The molecule has 0 radical (unpaired) electrons. The molecule has 0 heterocycles. The van der Waals surface area contributed by atoms with E-state index in [9.17, 15) is 9.18 Å². The second kappa shape index (κ2) is 5.40. The molecule has 0 spiro atoms. The van der Waals surface area contributed by atoms with Crippen LogP contribution in [-0.4, -0.2) is 5.91 Å². The number of nitrogen functional groups attached to an aromatic ring is 1. The van der Waals surface area contributed by atoms with E-state index in [0.29, 0.717) is 22.5 Å². The molecule has 5 heteroatoms. The SMILES string of the molecule is Cc1cc(F)ccc1NC(=O)c1cc(Br)ccc1N. The second-order valence-electron chi connectivity index (χ2n) is 4.14. The Bertz CT molecular complexity index is 643. The van der Waals surface area contributed by atoms with Crippen LogP contribution < -0.4 is 11.1 Å². The van der Waals surface area contributed by atoms with Gasteiger partial charge in [-0.25, -0.2) is 4.39 Å². The summed E-state index contributed by atoms with van der Waals surface area (Å²) in [5, 5.41) is 2.72. The number of nitrogens with two attached hydrogens (primary N) is 1. The molecule has 19 heavy (non-hydrogen) atoms. The number of nitrogens with one attached hydrogen (secondary N) is 1. The lowest BCUT2D eigenvalue weighted by atomic mass is 10.1. The van der Waals surface area contributed by atoms with Crippen molar-refractivity contribution >= 4 is 33.2 Å². The third kappa shape index (κ3) is 3.12. The lowest BCUT2D eigenvalue weighted by Gasteiger charge is -2.10. The van der Waals surface area contributed by atoms with E-state index >= 15 is 0 Å². The lowest BCUT2D eigenvalue weighted by molar-refractivity contribution is 0.102. The average Bonchev–Trinajstić information content (AvgIpc) is 2.35. The number of carbonyl (C=O) groups excluding carboxylic acids is 1. The van der Waals surface area contributed by atoms with Crippen LogP contribution in [0.2, 0.25) is 0 Å². The molecule has 0 fully saturated rings. The molecule has 0 aromatic heterocycles. The minimum Gasteiger partial charge on any atom is -0.398 e. The Morgan fingerprint density at radius 2 is 2.00 bits per heavy atom. The number of benzene rings is 2. The summed E-state index contributed by atoms with van der Waals surface area (Å²) < 4.78 is 13.8. The van der Waals surface area contributed by atoms with Gasteiger partial charge in [-0.15, -0.1) is 0 Å². The van der Waals surface area contributed by atoms with Crippen LogP contribution >= 0.6 is 15.9 Å². The number of rotatable bonds is 2. The molecule has 2 rings (SSSR count). The fourth-order valence-corrected chi connectivity index (χ4v) is 2.04. The van der Waals surface area contributed by atoms with Crippen molar-refractivity contribution in [3.63, 3.8) is 0 Å². The maximum absolute atomic E-state index is 13.0. The first-order valence-electron chi connectivity index (χ1n) is 5.60. The van der Waals surface area contributed by atoms with Gasteiger partial charge in [-0.3, -0.25) is 4.79 Å². The Kier molecular flexibility index (Phi) is 3.85. The van der Waals surface area contributed by atoms with Gasteiger partial charge >= 0.3 is 0 Å². The van der Waals surface area contributed by atoms with Crippen molar-refractivity contribution in [2.75, 3.05) is 11.1 Å². The Hall–Kier alpha value is -1.88. The van der Waals surface area contributed by atoms with E-state index in [1.807, 2.05) is 0 Å². The summed E-state index contributed by atoms with van der Waals surface area (Å²) in [4.78, 5) is 12.1. The summed E-state index contributed by atoms with van der Waals surface area (Å²) in [7, 11) is 0. The molecule has 0 saturated heterocycles. The summed E-state index contributed by atoms with van der Waals surface area (Å²) in [6, 6.07) is 9.23. The molecule has 0 saturated carbocycles. The Morgan fingerprint density at radius 3 is 2.68 bits per heavy atom. The normalized spacial score (nSPS) is 10.3. The molecule has 2 aromatic rings. The van der Waals surface area contributed by atoms with Crippen LogP contribution in [0, 0.1) is 12.7 Å². The molecule has 98 valence electrons. The number of amides is 1. The molecule has 0 aliphatic rings. The van der Waals surface area contributed by atoms with Crippen LogP contribution in [0.3, 0.4) is 0 Å². The first-order valence-corrected chi connectivity index (χ1v) is 6.39. The predicted molar refractivity (Wildman–Crippen MR) is 77.6 cm³/mol. The van der Waals surface area contributed by atoms with Gasteiger partial charge in [0.15, 0.2) is 0 Å². The van der Waals surface area contributed by atoms with Crippen molar-refractivity contribution in [1.29, 1.82) is 0 Å². The molecule has 2 aromatic carbocycles. The van der Waals surface area contributed by atoms with Gasteiger partial charge < -0.3 is 11.1 Å². The zero-order valence-electron chi connectivity index (χ0n) is 10.2. The van der Waals surface area contributed by atoms with E-state index in [2.05, 4.69) is 21.2 Å². The highest BCUT2D eigenvalue weighted by molar-refractivity contribution is 9.10. The zero-order valence-corrected chi connectivity index (χ0v) is 11.8. The fourth-order valence-electron chi connectivity index (χ4n) is 1.68. The Balaban J connectivity index is 2.28. The van der Waals surface area contributed by atoms with Crippen molar-refractivity contribution in [3.05, 3.63) is 57.8 Å².